The van der Waals surface area contributed by atoms with Crippen LogP contribution in [0.2, 0.25) is 0 Å². The van der Waals surface area contributed by atoms with Crippen LogP contribution in [0.15, 0.2) is 72.8 Å². The largest absolute Gasteiger partial charge is 0.493 e. The summed E-state index contributed by atoms with van der Waals surface area (Å²) in [5, 5.41) is 29.3. The van der Waals surface area contributed by atoms with E-state index in [0.29, 0.717) is 51.7 Å². The first-order valence-corrected chi connectivity index (χ1v) is 16.5. The molecule has 4 aromatic rings. The van der Waals surface area contributed by atoms with E-state index in [0.717, 1.165) is 29.5 Å². The van der Waals surface area contributed by atoms with E-state index in [4.69, 9.17) is 14.2 Å². The molecule has 0 saturated carbocycles. The van der Waals surface area contributed by atoms with E-state index >= 15 is 0 Å². The lowest BCUT2D eigenvalue weighted by Crippen LogP contribution is -2.13. The van der Waals surface area contributed by atoms with Crippen molar-refractivity contribution in [2.75, 3.05) is 13.7 Å². The molecule has 256 valence electrons. The minimum Gasteiger partial charge on any atom is -0.493 e. The second kappa shape index (κ2) is 18.6. The molecule has 0 aliphatic heterocycles. The van der Waals surface area contributed by atoms with Crippen LogP contribution >= 0.6 is 0 Å². The van der Waals surface area contributed by atoms with Gasteiger partial charge in [-0.1, -0.05) is 62.6 Å². The van der Waals surface area contributed by atoms with E-state index in [1.807, 2.05) is 24.3 Å². The zero-order valence-electron chi connectivity index (χ0n) is 28.4. The van der Waals surface area contributed by atoms with Crippen molar-refractivity contribution in [2.45, 2.75) is 72.2 Å². The van der Waals surface area contributed by atoms with Gasteiger partial charge in [-0.05, 0) is 95.8 Å². The van der Waals surface area contributed by atoms with E-state index in [-0.39, 0.29) is 37.6 Å². The summed E-state index contributed by atoms with van der Waals surface area (Å²) in [5.41, 5.74) is 5.17. The van der Waals surface area contributed by atoms with E-state index in [2.05, 4.69) is 18.8 Å². The highest BCUT2D eigenvalue weighted by molar-refractivity contribution is 5.99. The van der Waals surface area contributed by atoms with Crippen molar-refractivity contribution in [3.8, 4) is 29.1 Å². The van der Waals surface area contributed by atoms with Crippen molar-refractivity contribution in [1.29, 1.82) is 0 Å². The Morgan fingerprint density at radius 1 is 0.694 bits per heavy atom. The lowest BCUT2D eigenvalue weighted by molar-refractivity contribution is 0.0730. The number of esters is 1. The summed E-state index contributed by atoms with van der Waals surface area (Å²) >= 11 is 0. The molecule has 0 amide bonds. The number of unbranched alkanes of at least 4 members (excludes halogenated alkanes) is 4. The summed E-state index contributed by atoms with van der Waals surface area (Å²) < 4.78 is 16.9. The van der Waals surface area contributed by atoms with Crippen molar-refractivity contribution in [1.82, 2.24) is 0 Å². The van der Waals surface area contributed by atoms with Crippen LogP contribution in [0.25, 0.3) is 0 Å². The quantitative estimate of drug-likeness (QED) is 0.0390. The number of carbonyl (C=O) groups is 2. The molecule has 0 spiro atoms. The number of aryl methyl sites for hydroxylation is 1. The third kappa shape index (κ3) is 10.3. The second-order valence-corrected chi connectivity index (χ2v) is 11.8. The third-order valence-electron chi connectivity index (χ3n) is 8.22. The minimum absolute atomic E-state index is 0.142. The molecule has 0 atom stereocenters. The summed E-state index contributed by atoms with van der Waals surface area (Å²) in [7, 11) is 1.54. The van der Waals surface area contributed by atoms with E-state index in [9.17, 15) is 24.9 Å². The number of benzene rings is 4. The average molecular weight is 665 g/mol. The van der Waals surface area contributed by atoms with Crippen LogP contribution in [0.1, 0.15) is 98.7 Å². The molecule has 0 heterocycles. The Morgan fingerprint density at radius 3 is 1.92 bits per heavy atom. The number of hydrogen-bond donors (Lipinski definition) is 3. The van der Waals surface area contributed by atoms with Crippen LogP contribution in [0.3, 0.4) is 0 Å². The van der Waals surface area contributed by atoms with Gasteiger partial charge < -0.3 is 29.5 Å². The molecule has 3 N–H and O–H groups in total. The Balaban J connectivity index is 1.36. The number of Topliss-reactive ketones (excluding diaryl/α,β-unsaturated/α-hetero) is 1. The van der Waals surface area contributed by atoms with Crippen LogP contribution in [0.4, 0.5) is 0 Å². The molecule has 0 aliphatic rings. The molecule has 0 radical (unpaired) electrons. The van der Waals surface area contributed by atoms with Crippen molar-refractivity contribution >= 4 is 11.8 Å². The lowest BCUT2D eigenvalue weighted by Gasteiger charge is -2.15. The van der Waals surface area contributed by atoms with Gasteiger partial charge in [-0.2, -0.15) is 0 Å². The number of carbonyl (C=O) groups excluding carboxylic acids is 2. The Morgan fingerprint density at radius 2 is 1.31 bits per heavy atom. The SMILES string of the molecule is CCCCCCCOc1cc(CO)c(C(=O)Cc2ccc(C#Cc3ccc(OC(=O)c4cc(CO)c(C)cc4CO)cc3)cc2)cc1OC. The monoisotopic (exact) mass is 664 g/mol. The summed E-state index contributed by atoms with van der Waals surface area (Å²) in [5.74, 6) is 6.73. The maximum absolute atomic E-state index is 13.3. The molecule has 8 heteroatoms. The summed E-state index contributed by atoms with van der Waals surface area (Å²) in [4.78, 5) is 26.1. The molecule has 0 unspecified atom stereocenters. The van der Waals surface area contributed by atoms with Crippen LogP contribution in [-0.4, -0.2) is 40.8 Å². The van der Waals surface area contributed by atoms with Crippen LogP contribution in [-0.2, 0) is 26.2 Å². The molecular weight excluding hydrogens is 620 g/mol. The van der Waals surface area contributed by atoms with Gasteiger partial charge in [-0.15, -0.1) is 0 Å². The highest BCUT2D eigenvalue weighted by Gasteiger charge is 2.18. The molecule has 0 bridgehead atoms. The van der Waals surface area contributed by atoms with Gasteiger partial charge in [0.15, 0.2) is 17.3 Å². The van der Waals surface area contributed by atoms with E-state index < -0.39 is 5.97 Å². The highest BCUT2D eigenvalue weighted by Crippen LogP contribution is 2.32. The van der Waals surface area contributed by atoms with Crippen molar-refractivity contribution in [3.63, 3.8) is 0 Å². The smallest absolute Gasteiger partial charge is 0.343 e. The van der Waals surface area contributed by atoms with Gasteiger partial charge in [0.05, 0.1) is 39.1 Å². The Bertz CT molecular complexity index is 1780. The normalized spacial score (nSPS) is 10.7. The van der Waals surface area contributed by atoms with Gasteiger partial charge in [0.2, 0.25) is 0 Å². The van der Waals surface area contributed by atoms with Gasteiger partial charge in [0.1, 0.15) is 5.75 Å². The standard InChI is InChI=1S/C41H44O8/c1-4-5-6-7-8-19-48-40-23-34(27-44)36(24-39(40)47-3)38(45)21-31-13-11-29(12-14-31)9-10-30-15-17-35(18-16-30)49-41(46)37-22-32(25-42)28(2)20-33(37)26-43/h11-18,20,22-24,42-44H,4-8,19,21,25-27H2,1-3H3. The molecule has 49 heavy (non-hydrogen) atoms. The van der Waals surface area contributed by atoms with Gasteiger partial charge in [0, 0.05) is 23.1 Å². The molecule has 0 aliphatic carbocycles. The maximum Gasteiger partial charge on any atom is 0.343 e. The molecule has 8 nitrogen and oxygen atoms in total. The Labute approximate surface area is 288 Å². The van der Waals surface area contributed by atoms with Gasteiger partial charge >= 0.3 is 5.97 Å². The molecule has 4 aromatic carbocycles. The maximum atomic E-state index is 13.3. The van der Waals surface area contributed by atoms with Gasteiger partial charge in [-0.25, -0.2) is 4.79 Å². The van der Waals surface area contributed by atoms with Gasteiger partial charge in [-0.3, -0.25) is 4.79 Å². The minimum atomic E-state index is -0.627. The second-order valence-electron chi connectivity index (χ2n) is 11.8. The number of ketones is 1. The topological polar surface area (TPSA) is 123 Å². The fourth-order valence-electron chi connectivity index (χ4n) is 5.36. The van der Waals surface area contributed by atoms with E-state index in [1.54, 1.807) is 49.4 Å². The third-order valence-corrected chi connectivity index (χ3v) is 8.22. The molecule has 0 fully saturated rings. The van der Waals surface area contributed by atoms with Crippen molar-refractivity contribution in [3.05, 3.63) is 123 Å². The van der Waals surface area contributed by atoms with Crippen LogP contribution in [0.5, 0.6) is 17.2 Å². The first kappa shape index (κ1) is 36.9. The summed E-state index contributed by atoms with van der Waals surface area (Å²) in [6, 6.07) is 20.7. The van der Waals surface area contributed by atoms with E-state index in [1.165, 1.54) is 32.4 Å². The van der Waals surface area contributed by atoms with Gasteiger partial charge in [0.25, 0.3) is 0 Å². The molecule has 0 aromatic heterocycles. The molecular formula is C41H44O8. The molecule has 4 rings (SSSR count). The van der Waals surface area contributed by atoms with Crippen LogP contribution < -0.4 is 14.2 Å². The fraction of sp³-hybridized carbons (Fsp3) is 0.317. The zero-order chi connectivity index (χ0) is 35.2. The predicted octanol–water partition coefficient (Wildman–Crippen LogP) is 6.87. The summed E-state index contributed by atoms with van der Waals surface area (Å²) in [6.45, 7) is 3.68. The molecule has 0 saturated heterocycles. The van der Waals surface area contributed by atoms with Crippen molar-refractivity contribution < 1.29 is 39.1 Å². The predicted molar refractivity (Wildman–Crippen MR) is 188 cm³/mol. The Hall–Kier alpha value is -4.94. The average Bonchev–Trinajstić information content (AvgIpc) is 3.12. The first-order chi connectivity index (χ1) is 23.8. The number of rotatable bonds is 16. The number of aliphatic hydroxyl groups is 3. The number of hydrogen-bond acceptors (Lipinski definition) is 8. The number of methoxy groups -OCH3 is 1. The lowest BCUT2D eigenvalue weighted by atomic mass is 9.97. The zero-order valence-corrected chi connectivity index (χ0v) is 28.4. The number of ether oxygens (including phenoxy) is 3. The summed E-state index contributed by atoms with van der Waals surface area (Å²) in [6.07, 6.45) is 5.73. The number of aliphatic hydroxyl groups excluding tert-OH is 3. The first-order valence-electron chi connectivity index (χ1n) is 16.5. The van der Waals surface area contributed by atoms with Crippen LogP contribution in [0, 0.1) is 18.8 Å². The Kier molecular flexibility index (Phi) is 14.0. The highest BCUT2D eigenvalue weighted by atomic mass is 16.5. The van der Waals surface area contributed by atoms with Crippen molar-refractivity contribution in [2.24, 2.45) is 0 Å². The fourth-order valence-corrected chi connectivity index (χ4v) is 5.36.